The highest BCUT2D eigenvalue weighted by atomic mass is 16.5. The van der Waals surface area contributed by atoms with Crippen molar-refractivity contribution in [3.8, 4) is 11.1 Å². The smallest absolute Gasteiger partial charge is 0.408 e. The van der Waals surface area contributed by atoms with Gasteiger partial charge in [-0.15, -0.1) is 0 Å². The largest absolute Gasteiger partial charge is 0.480 e. The average molecular weight is 481 g/mol. The van der Waals surface area contributed by atoms with Crippen LogP contribution in [0.1, 0.15) is 50.7 Å². The molecule has 0 saturated carbocycles. The molecular weight excluding hydrogens is 448 g/mol. The molecule has 3 unspecified atom stereocenters. The molecule has 1 saturated heterocycles. The topological polar surface area (TPSA) is 105 Å². The number of carboxylic acid groups (broad SMARTS) is 1. The number of alkyl carbamates (subject to hydrolysis) is 1. The molecule has 0 bridgehead atoms. The summed E-state index contributed by atoms with van der Waals surface area (Å²) in [5.74, 6) is -1.68. The Bertz CT molecular complexity index is 1070. The number of benzene rings is 2. The van der Waals surface area contributed by atoms with Gasteiger partial charge in [-0.25, -0.2) is 9.59 Å². The lowest BCUT2D eigenvalue weighted by Gasteiger charge is -2.42. The molecule has 2 aliphatic rings. The third-order valence-electron chi connectivity index (χ3n) is 6.95. The molecule has 1 aliphatic carbocycles. The monoisotopic (exact) mass is 480 g/mol. The molecule has 0 spiro atoms. The van der Waals surface area contributed by atoms with Crippen molar-refractivity contribution in [2.45, 2.75) is 57.2 Å². The summed E-state index contributed by atoms with van der Waals surface area (Å²) in [6.45, 7) is 5.67. The molecule has 8 heteroatoms. The lowest BCUT2D eigenvalue weighted by Crippen LogP contribution is -2.65. The number of hydrogen-bond donors (Lipinski definition) is 2. The molecule has 1 aliphatic heterocycles. The molecular formula is C27H32N2O6. The zero-order valence-electron chi connectivity index (χ0n) is 20.3. The normalized spacial score (nSPS) is 20.9. The molecule has 1 heterocycles. The Balaban J connectivity index is 1.49. The number of carbonyl (C=O) groups excluding carboxylic acids is 2. The first-order valence-corrected chi connectivity index (χ1v) is 12.1. The minimum absolute atomic E-state index is 0.0993. The molecule has 4 rings (SSSR count). The van der Waals surface area contributed by atoms with E-state index < -0.39 is 35.7 Å². The van der Waals surface area contributed by atoms with E-state index in [9.17, 15) is 19.5 Å². The molecule has 2 aromatic carbocycles. The number of rotatable bonds is 7. The number of amides is 2. The second-order valence-electron chi connectivity index (χ2n) is 9.39. The highest BCUT2D eigenvalue weighted by molar-refractivity contribution is 5.93. The van der Waals surface area contributed by atoms with Gasteiger partial charge >= 0.3 is 12.1 Å². The number of nitrogens with zero attached hydrogens (tertiary/aromatic N) is 1. The van der Waals surface area contributed by atoms with Gasteiger partial charge in [0.25, 0.3) is 0 Å². The summed E-state index contributed by atoms with van der Waals surface area (Å²) in [6, 6.07) is 15.0. The van der Waals surface area contributed by atoms with Crippen LogP contribution in [-0.2, 0) is 19.1 Å². The summed E-state index contributed by atoms with van der Waals surface area (Å²) in [5, 5.41) is 12.4. The van der Waals surface area contributed by atoms with Crippen LogP contribution in [0.25, 0.3) is 11.1 Å². The Labute approximate surface area is 205 Å². The third-order valence-corrected chi connectivity index (χ3v) is 6.95. The molecule has 35 heavy (non-hydrogen) atoms. The summed E-state index contributed by atoms with van der Waals surface area (Å²) in [5.41, 5.74) is 3.15. The SMILES string of the molecule is CCCC(C)(NC(=O)OCC1c2ccccc2-c2ccccc21)C(=O)N1CCOC(C)C1C(=O)O. The number of morpholine rings is 1. The third kappa shape index (κ3) is 4.75. The van der Waals surface area contributed by atoms with Crippen molar-refractivity contribution >= 4 is 18.0 Å². The highest BCUT2D eigenvalue weighted by Gasteiger charge is 2.45. The van der Waals surface area contributed by atoms with Crippen molar-refractivity contribution < 1.29 is 29.0 Å². The fourth-order valence-corrected chi connectivity index (χ4v) is 5.28. The lowest BCUT2D eigenvalue weighted by atomic mass is 9.92. The molecule has 1 fully saturated rings. The van der Waals surface area contributed by atoms with Gasteiger partial charge in [0.1, 0.15) is 12.1 Å². The van der Waals surface area contributed by atoms with Crippen LogP contribution < -0.4 is 5.32 Å². The van der Waals surface area contributed by atoms with Crippen LogP contribution in [0.2, 0.25) is 0 Å². The first kappa shape index (κ1) is 24.7. The Hall–Kier alpha value is -3.39. The average Bonchev–Trinajstić information content (AvgIpc) is 3.15. The fourth-order valence-electron chi connectivity index (χ4n) is 5.28. The molecule has 0 aromatic heterocycles. The molecule has 2 aromatic rings. The molecule has 8 nitrogen and oxygen atoms in total. The van der Waals surface area contributed by atoms with E-state index >= 15 is 0 Å². The van der Waals surface area contributed by atoms with Crippen LogP contribution in [-0.4, -0.2) is 65.4 Å². The molecule has 3 atom stereocenters. The summed E-state index contributed by atoms with van der Waals surface area (Å²) >= 11 is 0. The second-order valence-corrected chi connectivity index (χ2v) is 9.39. The minimum atomic E-state index is -1.30. The van der Waals surface area contributed by atoms with Crippen LogP contribution in [0.4, 0.5) is 4.79 Å². The quantitative estimate of drug-likeness (QED) is 0.625. The fraction of sp³-hybridized carbons (Fsp3) is 0.444. The van der Waals surface area contributed by atoms with E-state index in [1.807, 2.05) is 43.3 Å². The zero-order chi connectivity index (χ0) is 25.2. The van der Waals surface area contributed by atoms with Crippen LogP contribution in [0.15, 0.2) is 48.5 Å². The van der Waals surface area contributed by atoms with Crippen LogP contribution in [0.5, 0.6) is 0 Å². The molecule has 2 N–H and O–H groups in total. The van der Waals surface area contributed by atoms with Crippen molar-refractivity contribution in [1.29, 1.82) is 0 Å². The Kier molecular flexibility index (Phi) is 7.12. The van der Waals surface area contributed by atoms with Crippen molar-refractivity contribution in [3.63, 3.8) is 0 Å². The van der Waals surface area contributed by atoms with Crippen molar-refractivity contribution in [3.05, 3.63) is 59.7 Å². The molecule has 2 amide bonds. The van der Waals surface area contributed by atoms with Gasteiger partial charge in [-0.3, -0.25) is 4.79 Å². The van der Waals surface area contributed by atoms with Crippen molar-refractivity contribution in [2.75, 3.05) is 19.8 Å². The lowest BCUT2D eigenvalue weighted by molar-refractivity contribution is -0.167. The van der Waals surface area contributed by atoms with E-state index in [1.54, 1.807) is 13.8 Å². The number of aliphatic carboxylic acids is 1. The van der Waals surface area contributed by atoms with E-state index in [2.05, 4.69) is 17.4 Å². The number of nitrogens with one attached hydrogen (secondary N) is 1. The molecule has 0 radical (unpaired) electrons. The van der Waals surface area contributed by atoms with Crippen molar-refractivity contribution in [1.82, 2.24) is 10.2 Å². The van der Waals surface area contributed by atoms with Crippen LogP contribution in [0.3, 0.4) is 0 Å². The van der Waals surface area contributed by atoms with Gasteiger partial charge in [0, 0.05) is 12.5 Å². The van der Waals surface area contributed by atoms with E-state index in [1.165, 1.54) is 4.90 Å². The Morgan fingerprint density at radius 3 is 2.29 bits per heavy atom. The van der Waals surface area contributed by atoms with Crippen LogP contribution in [0, 0.1) is 0 Å². The summed E-state index contributed by atoms with van der Waals surface area (Å²) in [7, 11) is 0. The zero-order valence-corrected chi connectivity index (χ0v) is 20.3. The van der Waals surface area contributed by atoms with Gasteiger partial charge in [0.05, 0.1) is 12.7 Å². The van der Waals surface area contributed by atoms with E-state index in [0.29, 0.717) is 12.8 Å². The van der Waals surface area contributed by atoms with Crippen molar-refractivity contribution in [2.24, 2.45) is 0 Å². The predicted octanol–water partition coefficient (Wildman–Crippen LogP) is 3.78. The minimum Gasteiger partial charge on any atom is -0.480 e. The number of fused-ring (bicyclic) bond motifs is 3. The van der Waals surface area contributed by atoms with Gasteiger partial charge in [-0.05, 0) is 42.5 Å². The van der Waals surface area contributed by atoms with E-state index in [0.717, 1.165) is 22.3 Å². The molecule has 186 valence electrons. The number of ether oxygens (including phenoxy) is 2. The first-order chi connectivity index (χ1) is 16.8. The maximum absolute atomic E-state index is 13.5. The van der Waals surface area contributed by atoms with Crippen LogP contribution >= 0.6 is 0 Å². The van der Waals surface area contributed by atoms with Gasteiger partial charge in [0.2, 0.25) is 5.91 Å². The van der Waals surface area contributed by atoms with Gasteiger partial charge in [0.15, 0.2) is 6.04 Å². The summed E-state index contributed by atoms with van der Waals surface area (Å²) in [6.07, 6.45) is -0.396. The van der Waals surface area contributed by atoms with E-state index in [4.69, 9.17) is 9.47 Å². The summed E-state index contributed by atoms with van der Waals surface area (Å²) < 4.78 is 11.1. The van der Waals surface area contributed by atoms with Gasteiger partial charge in [-0.2, -0.15) is 0 Å². The number of carboxylic acids is 1. The maximum Gasteiger partial charge on any atom is 0.408 e. The highest BCUT2D eigenvalue weighted by Crippen LogP contribution is 2.44. The number of hydrogen-bond acceptors (Lipinski definition) is 5. The Morgan fingerprint density at radius 2 is 1.71 bits per heavy atom. The first-order valence-electron chi connectivity index (χ1n) is 12.1. The Morgan fingerprint density at radius 1 is 1.11 bits per heavy atom. The van der Waals surface area contributed by atoms with Gasteiger partial charge in [-0.1, -0.05) is 61.9 Å². The van der Waals surface area contributed by atoms with E-state index in [-0.39, 0.29) is 25.7 Å². The van der Waals surface area contributed by atoms with Gasteiger partial charge < -0.3 is 24.8 Å². The maximum atomic E-state index is 13.5. The standard InChI is InChI=1S/C27H32N2O6/c1-4-13-27(3,25(32)29-14-15-34-17(2)23(29)24(30)31)28-26(33)35-16-22-20-11-7-5-9-18(20)19-10-6-8-12-21(19)22/h5-12,17,22-23H,4,13-16H2,1-3H3,(H,28,33)(H,30,31). The summed E-state index contributed by atoms with van der Waals surface area (Å²) in [4.78, 5) is 39.6. The second kappa shape index (κ2) is 10.1. The predicted molar refractivity (Wildman–Crippen MR) is 130 cm³/mol. The number of carbonyl (C=O) groups is 3.